The first-order valence-electron chi connectivity index (χ1n) is 6.91. The zero-order valence-electron chi connectivity index (χ0n) is 12.0. The van der Waals surface area contributed by atoms with E-state index in [1.165, 1.54) is 0 Å². The van der Waals surface area contributed by atoms with Crippen molar-refractivity contribution < 1.29 is 9.90 Å². The Labute approximate surface area is 124 Å². The molecule has 4 nitrogen and oxygen atoms in total. The molecule has 2 rings (SSSR count). The summed E-state index contributed by atoms with van der Waals surface area (Å²) in [6, 6.07) is 10.9. The van der Waals surface area contributed by atoms with Gasteiger partial charge in [-0.05, 0) is 36.8 Å². The summed E-state index contributed by atoms with van der Waals surface area (Å²) in [4.78, 5) is 12.3. The zero-order valence-corrected chi connectivity index (χ0v) is 12.0. The highest BCUT2D eigenvalue weighted by molar-refractivity contribution is 6.03. The van der Waals surface area contributed by atoms with Crippen LogP contribution in [0.5, 0.6) is 0 Å². The Morgan fingerprint density at radius 2 is 2.19 bits per heavy atom. The molecular formula is C17H18N2O2. The first-order valence-corrected chi connectivity index (χ1v) is 6.91. The van der Waals surface area contributed by atoms with E-state index in [0.717, 1.165) is 18.5 Å². The van der Waals surface area contributed by atoms with Crippen LogP contribution in [0, 0.1) is 11.8 Å². The van der Waals surface area contributed by atoms with Gasteiger partial charge in [0.25, 0.3) is 5.91 Å². The Balaban J connectivity index is 2.14. The fraction of sp³-hybridized carbons (Fsp3) is 0.235. The molecule has 0 bridgehead atoms. The van der Waals surface area contributed by atoms with Crippen molar-refractivity contribution in [2.45, 2.75) is 19.9 Å². The van der Waals surface area contributed by atoms with Crippen LogP contribution in [0.4, 0.5) is 5.69 Å². The molecule has 108 valence electrons. The van der Waals surface area contributed by atoms with Crippen molar-refractivity contribution in [1.82, 2.24) is 4.57 Å². The van der Waals surface area contributed by atoms with E-state index < -0.39 is 0 Å². The number of aromatic nitrogens is 1. The van der Waals surface area contributed by atoms with Crippen molar-refractivity contribution in [3.63, 3.8) is 0 Å². The summed E-state index contributed by atoms with van der Waals surface area (Å²) >= 11 is 0. The van der Waals surface area contributed by atoms with Gasteiger partial charge in [-0.1, -0.05) is 24.8 Å². The van der Waals surface area contributed by atoms with Crippen molar-refractivity contribution in [2.24, 2.45) is 0 Å². The maximum Gasteiger partial charge on any atom is 0.272 e. The minimum atomic E-state index is -0.179. The van der Waals surface area contributed by atoms with Crippen LogP contribution in [0.1, 0.15) is 29.4 Å². The lowest BCUT2D eigenvalue weighted by Crippen LogP contribution is -2.16. The summed E-state index contributed by atoms with van der Waals surface area (Å²) in [7, 11) is 0. The van der Waals surface area contributed by atoms with Gasteiger partial charge in [0.2, 0.25) is 0 Å². The molecule has 0 aliphatic rings. The topological polar surface area (TPSA) is 54.3 Å². The summed E-state index contributed by atoms with van der Waals surface area (Å²) in [5, 5.41) is 11.6. The third-order valence-corrected chi connectivity index (χ3v) is 2.96. The van der Waals surface area contributed by atoms with Crippen LogP contribution in [0.3, 0.4) is 0 Å². The normalized spacial score (nSPS) is 9.81. The van der Waals surface area contributed by atoms with Crippen LogP contribution in [-0.2, 0) is 6.54 Å². The molecule has 0 fully saturated rings. The van der Waals surface area contributed by atoms with E-state index in [2.05, 4.69) is 24.1 Å². The third kappa shape index (κ3) is 3.98. The van der Waals surface area contributed by atoms with E-state index in [-0.39, 0.29) is 12.5 Å². The van der Waals surface area contributed by atoms with Gasteiger partial charge in [-0.15, -0.1) is 0 Å². The monoisotopic (exact) mass is 282 g/mol. The van der Waals surface area contributed by atoms with Gasteiger partial charge in [-0.25, -0.2) is 0 Å². The lowest BCUT2D eigenvalue weighted by Gasteiger charge is -2.09. The predicted molar refractivity (Wildman–Crippen MR) is 83.1 cm³/mol. The van der Waals surface area contributed by atoms with E-state index >= 15 is 0 Å². The molecule has 1 aromatic carbocycles. The molecule has 4 heteroatoms. The average Bonchev–Trinajstić information content (AvgIpc) is 2.94. The molecule has 0 atom stereocenters. The van der Waals surface area contributed by atoms with Crippen LogP contribution in [-0.4, -0.2) is 22.2 Å². The van der Waals surface area contributed by atoms with Crippen LogP contribution >= 0.6 is 0 Å². The second kappa shape index (κ2) is 7.32. The van der Waals surface area contributed by atoms with Gasteiger partial charge in [0.1, 0.15) is 12.3 Å². The fourth-order valence-electron chi connectivity index (χ4n) is 2.07. The number of amides is 1. The molecule has 2 N–H and O–H groups in total. The van der Waals surface area contributed by atoms with Crippen molar-refractivity contribution in [2.75, 3.05) is 11.9 Å². The highest BCUT2D eigenvalue weighted by atomic mass is 16.2. The van der Waals surface area contributed by atoms with E-state index in [9.17, 15) is 4.79 Å². The average molecular weight is 282 g/mol. The van der Waals surface area contributed by atoms with E-state index in [0.29, 0.717) is 11.4 Å². The number of aliphatic hydroxyl groups excluding tert-OH is 1. The molecule has 0 spiro atoms. The Morgan fingerprint density at radius 3 is 2.95 bits per heavy atom. The predicted octanol–water partition coefficient (Wildman–Crippen LogP) is 2.49. The number of carbonyl (C=O) groups excluding carboxylic acids is 1. The molecule has 0 saturated heterocycles. The van der Waals surface area contributed by atoms with Crippen LogP contribution in [0.15, 0.2) is 42.6 Å². The highest BCUT2D eigenvalue weighted by Crippen LogP contribution is 2.12. The third-order valence-electron chi connectivity index (χ3n) is 2.96. The number of rotatable bonds is 4. The quantitative estimate of drug-likeness (QED) is 0.847. The number of hydrogen-bond acceptors (Lipinski definition) is 2. The molecular weight excluding hydrogens is 264 g/mol. The SMILES string of the molecule is CCCn1cccc1C(=O)Nc1cccc(C#CCO)c1. The number of benzene rings is 1. The van der Waals surface area contributed by atoms with Crippen LogP contribution in [0.2, 0.25) is 0 Å². The number of carbonyl (C=O) groups is 1. The maximum absolute atomic E-state index is 12.3. The van der Waals surface area contributed by atoms with Gasteiger partial charge in [0.15, 0.2) is 0 Å². The Kier molecular flexibility index (Phi) is 5.19. The number of hydrogen-bond donors (Lipinski definition) is 2. The van der Waals surface area contributed by atoms with E-state index in [1.807, 2.05) is 35.0 Å². The van der Waals surface area contributed by atoms with Gasteiger partial charge in [-0.2, -0.15) is 0 Å². The zero-order chi connectivity index (χ0) is 15.1. The molecule has 2 aromatic rings. The summed E-state index contributed by atoms with van der Waals surface area (Å²) < 4.78 is 1.94. The van der Waals surface area contributed by atoms with Crippen molar-refractivity contribution in [1.29, 1.82) is 0 Å². The summed E-state index contributed by atoms with van der Waals surface area (Å²) in [6.07, 6.45) is 2.88. The second-order valence-corrected chi connectivity index (χ2v) is 4.58. The lowest BCUT2D eigenvalue weighted by molar-refractivity contribution is 0.101. The first-order chi connectivity index (χ1) is 10.2. The molecule has 1 aromatic heterocycles. The summed E-state index contributed by atoms with van der Waals surface area (Å²) in [5.41, 5.74) is 2.09. The smallest absolute Gasteiger partial charge is 0.272 e. The molecule has 0 radical (unpaired) electrons. The fourth-order valence-corrected chi connectivity index (χ4v) is 2.07. The molecule has 1 heterocycles. The number of nitrogens with zero attached hydrogens (tertiary/aromatic N) is 1. The summed E-state index contributed by atoms with van der Waals surface area (Å²) in [6.45, 7) is 2.71. The Hall–Kier alpha value is -2.51. The van der Waals surface area contributed by atoms with Crippen molar-refractivity contribution >= 4 is 11.6 Å². The number of aliphatic hydroxyl groups is 1. The highest BCUT2D eigenvalue weighted by Gasteiger charge is 2.10. The number of nitrogens with one attached hydrogen (secondary N) is 1. The Bertz CT molecular complexity index is 677. The van der Waals surface area contributed by atoms with Gasteiger partial charge >= 0.3 is 0 Å². The van der Waals surface area contributed by atoms with Gasteiger partial charge in [-0.3, -0.25) is 4.79 Å². The van der Waals surface area contributed by atoms with E-state index in [1.54, 1.807) is 12.1 Å². The first kappa shape index (κ1) is 14.9. The molecule has 0 aliphatic heterocycles. The van der Waals surface area contributed by atoms with Gasteiger partial charge < -0.3 is 15.0 Å². The number of aryl methyl sites for hydroxylation is 1. The van der Waals surface area contributed by atoms with Crippen molar-refractivity contribution in [3.05, 3.63) is 53.9 Å². The standard InChI is InChI=1S/C17H18N2O2/c1-2-10-19-11-4-9-16(19)17(21)18-15-8-3-6-14(13-15)7-5-12-20/h3-4,6,8-9,11,13,20H,2,10,12H2,1H3,(H,18,21). The molecule has 0 aliphatic carbocycles. The molecule has 1 amide bonds. The summed E-state index contributed by atoms with van der Waals surface area (Å²) in [5.74, 6) is 5.27. The van der Waals surface area contributed by atoms with Gasteiger partial charge in [0.05, 0.1) is 0 Å². The van der Waals surface area contributed by atoms with Gasteiger partial charge in [0, 0.05) is 24.0 Å². The molecule has 0 unspecified atom stereocenters. The van der Waals surface area contributed by atoms with Crippen LogP contribution in [0.25, 0.3) is 0 Å². The second-order valence-electron chi connectivity index (χ2n) is 4.58. The number of anilines is 1. The lowest BCUT2D eigenvalue weighted by atomic mass is 10.2. The minimum Gasteiger partial charge on any atom is -0.384 e. The minimum absolute atomic E-state index is 0.138. The maximum atomic E-state index is 12.3. The molecule has 0 saturated carbocycles. The van der Waals surface area contributed by atoms with Crippen LogP contribution < -0.4 is 5.32 Å². The largest absolute Gasteiger partial charge is 0.384 e. The van der Waals surface area contributed by atoms with E-state index in [4.69, 9.17) is 5.11 Å². The molecule has 21 heavy (non-hydrogen) atoms. The Morgan fingerprint density at radius 1 is 1.33 bits per heavy atom. The van der Waals surface area contributed by atoms with Crippen molar-refractivity contribution in [3.8, 4) is 11.8 Å².